The van der Waals surface area contributed by atoms with Crippen LogP contribution in [0.5, 0.6) is 0 Å². The van der Waals surface area contributed by atoms with Crippen molar-refractivity contribution in [1.82, 2.24) is 9.62 Å². The molecule has 2 aromatic rings. The van der Waals surface area contributed by atoms with Crippen molar-refractivity contribution in [3.05, 3.63) is 71.8 Å². The van der Waals surface area contributed by atoms with Crippen LogP contribution in [0.15, 0.2) is 60.7 Å². The number of aryl methyl sites for hydroxylation is 1. The molecule has 0 spiro atoms. The molecule has 0 saturated heterocycles. The van der Waals surface area contributed by atoms with Gasteiger partial charge in [-0.15, -0.1) is 0 Å². The fourth-order valence-electron chi connectivity index (χ4n) is 2.48. The highest BCUT2D eigenvalue weighted by Crippen LogP contribution is 2.06. The molecule has 0 heterocycles. The van der Waals surface area contributed by atoms with E-state index in [2.05, 4.69) is 5.32 Å². The van der Waals surface area contributed by atoms with E-state index in [1.807, 2.05) is 60.7 Å². The topological polar surface area (TPSA) is 66.5 Å². The monoisotopic (exact) mass is 360 g/mol. The minimum Gasteiger partial charge on any atom is -0.351 e. The van der Waals surface area contributed by atoms with Crippen LogP contribution < -0.4 is 5.32 Å². The zero-order valence-electron chi connectivity index (χ0n) is 14.4. The Kier molecular flexibility index (Phi) is 7.16. The molecule has 0 saturated carbocycles. The second kappa shape index (κ2) is 9.34. The summed E-state index contributed by atoms with van der Waals surface area (Å²) in [5.74, 6) is -0.297. The minimum atomic E-state index is -3.42. The molecule has 0 fully saturated rings. The maximum absolute atomic E-state index is 12.1. The molecule has 1 N–H and O–H groups in total. The molecule has 0 atom stereocenters. The van der Waals surface area contributed by atoms with E-state index in [-0.39, 0.29) is 12.5 Å². The van der Waals surface area contributed by atoms with Gasteiger partial charge in [-0.25, -0.2) is 8.42 Å². The summed E-state index contributed by atoms with van der Waals surface area (Å²) in [5.41, 5.74) is 2.13. The molecular weight excluding hydrogens is 336 g/mol. The molecule has 5 nitrogen and oxygen atoms in total. The largest absolute Gasteiger partial charge is 0.351 e. The second-order valence-electron chi connectivity index (χ2n) is 5.95. The quantitative estimate of drug-likeness (QED) is 0.745. The lowest BCUT2D eigenvalue weighted by molar-refractivity contribution is -0.121. The standard InChI is InChI=1S/C19H24N2O3S/c1-25(23,24)21(14-8-13-17-9-4-2-5-10-17)16-19(22)20-15-18-11-6-3-7-12-18/h2-7,9-12H,8,13-16H2,1H3,(H,20,22). The zero-order valence-corrected chi connectivity index (χ0v) is 15.2. The Labute approximate surface area is 149 Å². The molecule has 0 aliphatic heterocycles. The molecule has 0 aliphatic rings. The number of hydrogen-bond acceptors (Lipinski definition) is 3. The highest BCUT2D eigenvalue weighted by atomic mass is 32.2. The summed E-state index contributed by atoms with van der Waals surface area (Å²) < 4.78 is 25.1. The van der Waals surface area contributed by atoms with Gasteiger partial charge in [0.1, 0.15) is 0 Å². The molecule has 0 radical (unpaired) electrons. The van der Waals surface area contributed by atoms with E-state index < -0.39 is 10.0 Å². The number of nitrogens with one attached hydrogen (secondary N) is 1. The summed E-state index contributed by atoms with van der Waals surface area (Å²) in [6.07, 6.45) is 2.58. The van der Waals surface area contributed by atoms with E-state index in [4.69, 9.17) is 0 Å². The van der Waals surface area contributed by atoms with Crippen molar-refractivity contribution < 1.29 is 13.2 Å². The summed E-state index contributed by atoms with van der Waals surface area (Å²) in [5, 5.41) is 2.76. The molecule has 0 aromatic heterocycles. The molecule has 6 heteroatoms. The molecule has 2 rings (SSSR count). The van der Waals surface area contributed by atoms with Crippen molar-refractivity contribution in [3.8, 4) is 0 Å². The molecular formula is C19H24N2O3S. The highest BCUT2D eigenvalue weighted by molar-refractivity contribution is 7.88. The van der Waals surface area contributed by atoms with Gasteiger partial charge in [0.25, 0.3) is 0 Å². The average Bonchev–Trinajstić information content (AvgIpc) is 2.60. The van der Waals surface area contributed by atoms with Gasteiger partial charge in [0.15, 0.2) is 0 Å². The van der Waals surface area contributed by atoms with Gasteiger partial charge in [0, 0.05) is 13.1 Å². The third kappa shape index (κ3) is 7.07. The molecule has 0 aliphatic carbocycles. The fraction of sp³-hybridized carbons (Fsp3) is 0.316. The molecule has 0 bridgehead atoms. The first-order chi connectivity index (χ1) is 11.9. The Balaban J connectivity index is 1.83. The predicted molar refractivity (Wildman–Crippen MR) is 99.5 cm³/mol. The lowest BCUT2D eigenvalue weighted by Crippen LogP contribution is -2.40. The van der Waals surface area contributed by atoms with Crippen LogP contribution in [0.4, 0.5) is 0 Å². The summed E-state index contributed by atoms with van der Waals surface area (Å²) >= 11 is 0. The van der Waals surface area contributed by atoms with Crippen LogP contribution in [0.3, 0.4) is 0 Å². The first-order valence-corrected chi connectivity index (χ1v) is 10.1. The Bertz CT molecular complexity index is 762. The van der Waals surface area contributed by atoms with E-state index >= 15 is 0 Å². The number of carbonyl (C=O) groups is 1. The number of nitrogens with zero attached hydrogens (tertiary/aromatic N) is 1. The molecule has 25 heavy (non-hydrogen) atoms. The fourth-order valence-corrected chi connectivity index (χ4v) is 3.29. The first kappa shape index (κ1) is 19.1. The smallest absolute Gasteiger partial charge is 0.235 e. The van der Waals surface area contributed by atoms with Gasteiger partial charge in [-0.3, -0.25) is 4.79 Å². The van der Waals surface area contributed by atoms with Gasteiger partial charge >= 0.3 is 0 Å². The number of rotatable bonds is 9. The van der Waals surface area contributed by atoms with Crippen molar-refractivity contribution in [1.29, 1.82) is 0 Å². The van der Waals surface area contributed by atoms with Crippen LogP contribution in [0.2, 0.25) is 0 Å². The molecule has 1 amide bonds. The summed E-state index contributed by atoms with van der Waals surface area (Å²) in [6.45, 7) is 0.564. The van der Waals surface area contributed by atoms with E-state index in [0.29, 0.717) is 19.5 Å². The van der Waals surface area contributed by atoms with Crippen molar-refractivity contribution >= 4 is 15.9 Å². The van der Waals surface area contributed by atoms with E-state index in [1.165, 1.54) is 4.31 Å². The molecule has 0 unspecified atom stereocenters. The average molecular weight is 360 g/mol. The van der Waals surface area contributed by atoms with Crippen LogP contribution in [0, 0.1) is 0 Å². The third-order valence-electron chi connectivity index (χ3n) is 3.84. The van der Waals surface area contributed by atoms with E-state index in [0.717, 1.165) is 23.8 Å². The predicted octanol–water partition coefficient (Wildman–Crippen LogP) is 2.20. The van der Waals surface area contributed by atoms with Crippen molar-refractivity contribution in [2.75, 3.05) is 19.3 Å². The Morgan fingerprint density at radius 1 is 0.960 bits per heavy atom. The van der Waals surface area contributed by atoms with Crippen molar-refractivity contribution in [2.45, 2.75) is 19.4 Å². The van der Waals surface area contributed by atoms with Gasteiger partial charge in [0.2, 0.25) is 15.9 Å². The normalized spacial score (nSPS) is 11.4. The van der Waals surface area contributed by atoms with Gasteiger partial charge < -0.3 is 5.32 Å². The number of hydrogen-bond donors (Lipinski definition) is 1. The number of amides is 1. The van der Waals surface area contributed by atoms with Crippen LogP contribution >= 0.6 is 0 Å². The van der Waals surface area contributed by atoms with Gasteiger partial charge in [-0.05, 0) is 24.0 Å². The maximum atomic E-state index is 12.1. The first-order valence-electron chi connectivity index (χ1n) is 8.25. The van der Waals surface area contributed by atoms with Crippen LogP contribution in [0.1, 0.15) is 17.5 Å². The summed E-state index contributed by atoms with van der Waals surface area (Å²) in [4.78, 5) is 12.1. The van der Waals surface area contributed by atoms with Crippen LogP contribution in [-0.2, 0) is 27.8 Å². The number of carbonyl (C=O) groups excluding carboxylic acids is 1. The summed E-state index contributed by atoms with van der Waals surface area (Å²) in [7, 11) is -3.42. The Morgan fingerprint density at radius 2 is 1.52 bits per heavy atom. The Morgan fingerprint density at radius 3 is 2.08 bits per heavy atom. The van der Waals surface area contributed by atoms with Gasteiger partial charge in [-0.1, -0.05) is 60.7 Å². The second-order valence-corrected chi connectivity index (χ2v) is 7.93. The maximum Gasteiger partial charge on any atom is 0.235 e. The number of sulfonamides is 1. The Hall–Kier alpha value is -2.18. The van der Waals surface area contributed by atoms with Gasteiger partial charge in [-0.2, -0.15) is 4.31 Å². The lowest BCUT2D eigenvalue weighted by Gasteiger charge is -2.19. The van der Waals surface area contributed by atoms with Crippen molar-refractivity contribution in [2.24, 2.45) is 0 Å². The van der Waals surface area contributed by atoms with Crippen molar-refractivity contribution in [3.63, 3.8) is 0 Å². The third-order valence-corrected chi connectivity index (χ3v) is 5.09. The molecule has 134 valence electrons. The van der Waals surface area contributed by atoms with E-state index in [1.54, 1.807) is 0 Å². The summed E-state index contributed by atoms with van der Waals surface area (Å²) in [6, 6.07) is 19.4. The highest BCUT2D eigenvalue weighted by Gasteiger charge is 2.19. The lowest BCUT2D eigenvalue weighted by atomic mass is 10.1. The van der Waals surface area contributed by atoms with Crippen LogP contribution in [-0.4, -0.2) is 38.0 Å². The minimum absolute atomic E-state index is 0.152. The zero-order chi connectivity index (χ0) is 18.1. The van der Waals surface area contributed by atoms with Crippen LogP contribution in [0.25, 0.3) is 0 Å². The SMILES string of the molecule is CS(=O)(=O)N(CCCc1ccccc1)CC(=O)NCc1ccccc1. The molecule has 2 aromatic carbocycles. The van der Waals surface area contributed by atoms with Gasteiger partial charge in [0.05, 0.1) is 12.8 Å². The number of benzene rings is 2. The van der Waals surface area contributed by atoms with E-state index in [9.17, 15) is 13.2 Å².